The number of carbonyl (C=O) groups is 2. The summed E-state index contributed by atoms with van der Waals surface area (Å²) in [6.45, 7) is 1.28. The van der Waals surface area contributed by atoms with Crippen LogP contribution in [0.1, 0.15) is 11.1 Å². The average Bonchev–Trinajstić information content (AvgIpc) is 3.15. The van der Waals surface area contributed by atoms with Gasteiger partial charge < -0.3 is 14.4 Å². The third-order valence-electron chi connectivity index (χ3n) is 5.12. The van der Waals surface area contributed by atoms with Crippen molar-refractivity contribution in [2.24, 2.45) is 0 Å². The Morgan fingerprint density at radius 3 is 2.68 bits per heavy atom. The first-order valence-electron chi connectivity index (χ1n) is 9.27. The fraction of sp³-hybridized carbons (Fsp3) is 0.273. The number of β-lactam (4-membered cyclic amide) rings is 1. The number of rotatable bonds is 6. The number of methoxy groups -OCH3 is 1. The number of hydrogen-bond donors (Lipinski definition) is 0. The van der Waals surface area contributed by atoms with Gasteiger partial charge in [0.1, 0.15) is 18.4 Å². The summed E-state index contributed by atoms with van der Waals surface area (Å²) < 4.78 is 10.3. The van der Waals surface area contributed by atoms with E-state index >= 15 is 0 Å². The van der Waals surface area contributed by atoms with E-state index in [1.54, 1.807) is 12.0 Å². The van der Waals surface area contributed by atoms with Gasteiger partial charge in [-0.1, -0.05) is 54.6 Å². The monoisotopic (exact) mass is 378 g/mol. The molecule has 2 aromatic rings. The van der Waals surface area contributed by atoms with E-state index < -0.39 is 12.1 Å². The van der Waals surface area contributed by atoms with E-state index in [0.29, 0.717) is 19.7 Å². The molecule has 0 aromatic heterocycles. The Labute approximate surface area is 164 Å². The van der Waals surface area contributed by atoms with Crippen LogP contribution in [0.3, 0.4) is 0 Å². The lowest BCUT2D eigenvalue weighted by Gasteiger charge is -2.48. The van der Waals surface area contributed by atoms with Crippen LogP contribution in [0.5, 0.6) is 5.75 Å². The normalized spacial score (nSPS) is 21.8. The van der Waals surface area contributed by atoms with Gasteiger partial charge in [-0.2, -0.15) is 0 Å². The number of benzene rings is 2. The van der Waals surface area contributed by atoms with Crippen LogP contribution in [0.4, 0.5) is 4.79 Å². The van der Waals surface area contributed by atoms with Crippen LogP contribution < -0.4 is 4.74 Å². The highest BCUT2D eigenvalue weighted by Gasteiger charge is 2.52. The van der Waals surface area contributed by atoms with Crippen molar-refractivity contribution in [3.8, 4) is 5.75 Å². The predicted molar refractivity (Wildman–Crippen MR) is 105 cm³/mol. The summed E-state index contributed by atoms with van der Waals surface area (Å²) >= 11 is 0. The predicted octanol–water partition coefficient (Wildman–Crippen LogP) is 2.94. The number of ether oxygens (including phenoxy) is 2. The lowest BCUT2D eigenvalue weighted by molar-refractivity contribution is -0.154. The van der Waals surface area contributed by atoms with Crippen LogP contribution in [0, 0.1) is 0 Å². The molecule has 6 nitrogen and oxygen atoms in total. The van der Waals surface area contributed by atoms with Gasteiger partial charge >= 0.3 is 6.09 Å². The van der Waals surface area contributed by atoms with E-state index in [2.05, 4.69) is 0 Å². The molecule has 2 amide bonds. The average molecular weight is 378 g/mol. The quantitative estimate of drug-likeness (QED) is 0.725. The highest BCUT2D eigenvalue weighted by molar-refractivity contribution is 5.93. The molecule has 2 saturated heterocycles. The number of amides is 2. The summed E-state index contributed by atoms with van der Waals surface area (Å²) in [5.41, 5.74) is 2.03. The third-order valence-corrected chi connectivity index (χ3v) is 5.12. The number of cyclic esters (lactones) is 1. The summed E-state index contributed by atoms with van der Waals surface area (Å²) in [4.78, 5) is 28.2. The molecular formula is C22H22N2O4. The van der Waals surface area contributed by atoms with Crippen molar-refractivity contribution >= 4 is 18.1 Å². The lowest BCUT2D eigenvalue weighted by atomic mass is 9.91. The maximum absolute atomic E-state index is 12.8. The maximum Gasteiger partial charge on any atom is 0.410 e. The molecule has 2 heterocycles. The Kier molecular flexibility index (Phi) is 5.02. The van der Waals surface area contributed by atoms with E-state index in [1.807, 2.05) is 66.7 Å². The van der Waals surface area contributed by atoms with Crippen molar-refractivity contribution in [1.29, 1.82) is 0 Å². The van der Waals surface area contributed by atoms with Crippen molar-refractivity contribution in [1.82, 2.24) is 9.80 Å². The molecule has 0 aliphatic carbocycles. The zero-order chi connectivity index (χ0) is 19.5. The Hall–Kier alpha value is -3.28. The van der Waals surface area contributed by atoms with Gasteiger partial charge in [0.2, 0.25) is 5.91 Å². The third kappa shape index (κ3) is 3.45. The minimum Gasteiger partial charge on any atom is -0.497 e. The Morgan fingerprint density at radius 1 is 1.14 bits per heavy atom. The molecule has 4 rings (SSSR count). The first-order valence-corrected chi connectivity index (χ1v) is 9.27. The molecule has 144 valence electrons. The first-order chi connectivity index (χ1) is 13.7. The number of hydrogen-bond acceptors (Lipinski definition) is 4. The van der Waals surface area contributed by atoms with Crippen molar-refractivity contribution in [2.45, 2.75) is 18.6 Å². The summed E-state index contributed by atoms with van der Waals surface area (Å²) in [5, 5.41) is 0. The van der Waals surface area contributed by atoms with Gasteiger partial charge in [-0.3, -0.25) is 9.69 Å². The molecule has 2 fully saturated rings. The van der Waals surface area contributed by atoms with Crippen molar-refractivity contribution < 1.29 is 19.1 Å². The van der Waals surface area contributed by atoms with Crippen molar-refractivity contribution in [3.05, 3.63) is 71.8 Å². The molecule has 0 bridgehead atoms. The molecule has 0 saturated carbocycles. The lowest BCUT2D eigenvalue weighted by Crippen LogP contribution is -2.69. The van der Waals surface area contributed by atoms with Crippen LogP contribution in [0.25, 0.3) is 6.08 Å². The van der Waals surface area contributed by atoms with Crippen molar-refractivity contribution in [3.63, 3.8) is 0 Å². The first kappa shape index (κ1) is 18.1. The van der Waals surface area contributed by atoms with Gasteiger partial charge in [0.25, 0.3) is 0 Å². The van der Waals surface area contributed by atoms with E-state index in [-0.39, 0.29) is 11.9 Å². The van der Waals surface area contributed by atoms with Crippen LogP contribution in [-0.2, 0) is 16.1 Å². The zero-order valence-electron chi connectivity index (χ0n) is 15.7. The minimum atomic E-state index is -0.513. The molecule has 2 unspecified atom stereocenters. The fourth-order valence-corrected chi connectivity index (χ4v) is 3.65. The van der Waals surface area contributed by atoms with E-state index in [1.165, 1.54) is 4.90 Å². The molecule has 0 spiro atoms. The van der Waals surface area contributed by atoms with E-state index in [4.69, 9.17) is 9.47 Å². The summed E-state index contributed by atoms with van der Waals surface area (Å²) in [7, 11) is 1.63. The van der Waals surface area contributed by atoms with Crippen molar-refractivity contribution in [2.75, 3.05) is 20.3 Å². The molecule has 2 atom stereocenters. The summed E-state index contributed by atoms with van der Waals surface area (Å²) in [5.74, 6) is 0.718. The molecule has 28 heavy (non-hydrogen) atoms. The molecule has 2 aliphatic rings. The van der Waals surface area contributed by atoms with Crippen LogP contribution in [0.15, 0.2) is 60.7 Å². The van der Waals surface area contributed by atoms with Gasteiger partial charge in [0.05, 0.1) is 19.7 Å². The van der Waals surface area contributed by atoms with E-state index in [9.17, 15) is 9.59 Å². The zero-order valence-corrected chi connectivity index (χ0v) is 15.7. The second kappa shape index (κ2) is 7.76. The topological polar surface area (TPSA) is 59.1 Å². The summed E-state index contributed by atoms with van der Waals surface area (Å²) in [6, 6.07) is 16.8. The van der Waals surface area contributed by atoms with E-state index in [0.717, 1.165) is 16.9 Å². The van der Waals surface area contributed by atoms with Crippen LogP contribution in [-0.4, -0.2) is 54.1 Å². The molecule has 0 N–H and O–H groups in total. The smallest absolute Gasteiger partial charge is 0.410 e. The fourth-order valence-electron chi connectivity index (χ4n) is 3.65. The minimum absolute atomic E-state index is 0.0528. The van der Waals surface area contributed by atoms with Gasteiger partial charge in [-0.15, -0.1) is 0 Å². The van der Waals surface area contributed by atoms with Crippen LogP contribution >= 0.6 is 0 Å². The van der Waals surface area contributed by atoms with Gasteiger partial charge in [0, 0.05) is 6.54 Å². The second-order valence-corrected chi connectivity index (χ2v) is 6.83. The Bertz CT molecular complexity index is 896. The number of likely N-dealkylation sites (tertiary alicyclic amines) is 1. The van der Waals surface area contributed by atoms with Gasteiger partial charge in [-0.25, -0.2) is 4.79 Å². The van der Waals surface area contributed by atoms with Gasteiger partial charge in [-0.05, 0) is 23.3 Å². The Morgan fingerprint density at radius 2 is 1.96 bits per heavy atom. The molecule has 0 radical (unpaired) electrons. The summed E-state index contributed by atoms with van der Waals surface area (Å²) in [6.07, 6.45) is 3.53. The molecule has 6 heteroatoms. The number of nitrogens with zero attached hydrogens (tertiary/aromatic N) is 2. The highest BCUT2D eigenvalue weighted by atomic mass is 16.6. The Balaban J connectivity index is 1.58. The standard InChI is InChI=1S/C22H22N2O4/c1-27-18-9-5-8-16(14-18)10-11-19-20(23-12-13-28-22(23)26)21(25)24(19)15-17-6-3-2-4-7-17/h2-11,14,19-20H,12-13,15H2,1H3/b11-10+. The highest BCUT2D eigenvalue weighted by Crippen LogP contribution is 2.31. The number of carbonyl (C=O) groups excluding carboxylic acids is 2. The largest absolute Gasteiger partial charge is 0.497 e. The SMILES string of the molecule is COc1cccc(/C=C/C2C(N3CCOC3=O)C(=O)N2Cc2ccccc2)c1. The van der Waals surface area contributed by atoms with Crippen LogP contribution in [0.2, 0.25) is 0 Å². The molecule has 2 aliphatic heterocycles. The van der Waals surface area contributed by atoms with Gasteiger partial charge in [0.15, 0.2) is 0 Å². The molecule has 2 aromatic carbocycles. The second-order valence-electron chi connectivity index (χ2n) is 6.83. The maximum atomic E-state index is 12.8. The molecular weight excluding hydrogens is 356 g/mol.